The summed E-state index contributed by atoms with van der Waals surface area (Å²) < 4.78 is 5.95. The molecule has 1 N–H and O–H groups in total. The quantitative estimate of drug-likeness (QED) is 0.639. The van der Waals surface area contributed by atoms with E-state index in [1.54, 1.807) is 11.1 Å². The van der Waals surface area contributed by atoms with E-state index in [1.807, 2.05) is 19.9 Å². The van der Waals surface area contributed by atoms with Crippen molar-refractivity contribution in [3.05, 3.63) is 28.3 Å². The molecule has 0 unspecified atom stereocenters. The van der Waals surface area contributed by atoms with Gasteiger partial charge in [-0.15, -0.1) is 0 Å². The minimum atomic E-state index is -0.418. The molecule has 1 aliphatic heterocycles. The smallest absolute Gasteiger partial charge is 0.292 e. The van der Waals surface area contributed by atoms with E-state index in [-0.39, 0.29) is 17.4 Å². The van der Waals surface area contributed by atoms with E-state index in [1.165, 1.54) is 6.20 Å². The van der Waals surface area contributed by atoms with Gasteiger partial charge in [-0.1, -0.05) is 19.0 Å². The van der Waals surface area contributed by atoms with Crippen LogP contribution >= 0.6 is 15.9 Å². The second-order valence-electron chi connectivity index (χ2n) is 7.26. The number of rotatable bonds is 6. The van der Waals surface area contributed by atoms with E-state index in [0.29, 0.717) is 22.7 Å². The highest BCUT2D eigenvalue weighted by Crippen LogP contribution is 2.23. The molecule has 2 aromatic rings. The van der Waals surface area contributed by atoms with Crippen molar-refractivity contribution in [1.29, 1.82) is 5.26 Å². The number of hydrazine groups is 1. The van der Waals surface area contributed by atoms with Crippen LogP contribution in [0.1, 0.15) is 30.2 Å². The fourth-order valence-corrected chi connectivity index (χ4v) is 3.28. The van der Waals surface area contributed by atoms with Gasteiger partial charge in [0.25, 0.3) is 5.91 Å². The first kappa shape index (κ1) is 21.0. The molecule has 0 saturated carbocycles. The van der Waals surface area contributed by atoms with Gasteiger partial charge in [-0.3, -0.25) is 15.2 Å². The molecule has 3 rings (SSSR count). The number of nitrogens with one attached hydrogen (secondary N) is 1. The number of nitriles is 1. The summed E-state index contributed by atoms with van der Waals surface area (Å²) in [7, 11) is 2.07. The standard InChI is InChI=1S/C18H23BrN8O2/c1-12(2)11-27(17-13(19)10-21-15(9-20)22-17)23-18(28)14-8-16(29-24-14)26-6-4-25(3)5-7-26/h8,10,12H,4-7,11H2,1-3H3,(H,23,28). The molecule has 0 atom stereocenters. The number of amides is 1. The summed E-state index contributed by atoms with van der Waals surface area (Å²) in [6.45, 7) is 7.99. The van der Waals surface area contributed by atoms with E-state index >= 15 is 0 Å². The molecule has 10 nitrogen and oxygen atoms in total. The molecule has 11 heteroatoms. The molecular formula is C18H23BrN8O2. The molecule has 29 heavy (non-hydrogen) atoms. The van der Waals surface area contributed by atoms with Gasteiger partial charge in [0.05, 0.1) is 4.47 Å². The fourth-order valence-electron chi connectivity index (χ4n) is 2.88. The molecule has 0 bridgehead atoms. The molecule has 1 amide bonds. The van der Waals surface area contributed by atoms with Crippen LogP contribution in [0.3, 0.4) is 0 Å². The first-order chi connectivity index (χ1) is 13.9. The zero-order valence-electron chi connectivity index (χ0n) is 16.6. The highest BCUT2D eigenvalue weighted by Gasteiger charge is 2.23. The number of carbonyl (C=O) groups is 1. The van der Waals surface area contributed by atoms with Gasteiger partial charge < -0.3 is 14.3 Å². The average molecular weight is 463 g/mol. The van der Waals surface area contributed by atoms with Gasteiger partial charge in [0, 0.05) is 45.0 Å². The van der Waals surface area contributed by atoms with Crippen LogP contribution in [0, 0.1) is 17.2 Å². The Morgan fingerprint density at radius 1 is 1.41 bits per heavy atom. The van der Waals surface area contributed by atoms with Gasteiger partial charge >= 0.3 is 0 Å². The topological polar surface area (TPSA) is 114 Å². The van der Waals surface area contributed by atoms with Crippen molar-refractivity contribution < 1.29 is 9.32 Å². The molecule has 0 radical (unpaired) electrons. The molecule has 3 heterocycles. The first-order valence-corrected chi connectivity index (χ1v) is 10.1. The molecule has 0 spiro atoms. The highest BCUT2D eigenvalue weighted by molar-refractivity contribution is 9.10. The summed E-state index contributed by atoms with van der Waals surface area (Å²) in [6.07, 6.45) is 1.49. The maximum Gasteiger partial charge on any atom is 0.292 e. The third-order valence-corrected chi connectivity index (χ3v) is 4.97. The molecule has 1 saturated heterocycles. The van der Waals surface area contributed by atoms with Crippen molar-refractivity contribution in [2.24, 2.45) is 5.92 Å². The van der Waals surface area contributed by atoms with Gasteiger partial charge in [0.15, 0.2) is 11.5 Å². The normalized spacial score (nSPS) is 14.7. The number of aromatic nitrogens is 3. The minimum absolute atomic E-state index is 0.0185. The second-order valence-corrected chi connectivity index (χ2v) is 8.12. The Balaban J connectivity index is 1.77. The van der Waals surface area contributed by atoms with Crippen LogP contribution in [-0.4, -0.2) is 65.7 Å². The van der Waals surface area contributed by atoms with Crippen molar-refractivity contribution in [1.82, 2.24) is 25.5 Å². The van der Waals surface area contributed by atoms with Crippen LogP contribution in [0.2, 0.25) is 0 Å². The monoisotopic (exact) mass is 462 g/mol. The van der Waals surface area contributed by atoms with Crippen LogP contribution < -0.4 is 15.3 Å². The van der Waals surface area contributed by atoms with Crippen molar-refractivity contribution in [3.8, 4) is 6.07 Å². The van der Waals surface area contributed by atoms with Gasteiger partial charge in [0.2, 0.25) is 11.7 Å². The second kappa shape index (κ2) is 9.19. The number of piperazine rings is 1. The lowest BCUT2D eigenvalue weighted by Gasteiger charge is -2.31. The molecule has 1 fully saturated rings. The van der Waals surface area contributed by atoms with E-state index in [0.717, 1.165) is 26.2 Å². The largest absolute Gasteiger partial charge is 0.338 e. The van der Waals surface area contributed by atoms with E-state index in [2.05, 4.69) is 53.3 Å². The Hall–Kier alpha value is -2.71. The Morgan fingerprint density at radius 3 is 2.79 bits per heavy atom. The Labute approximate surface area is 177 Å². The zero-order valence-corrected chi connectivity index (χ0v) is 18.2. The number of halogens is 1. The minimum Gasteiger partial charge on any atom is -0.338 e. The number of hydrogen-bond acceptors (Lipinski definition) is 9. The molecule has 2 aromatic heterocycles. The number of hydrogen-bond donors (Lipinski definition) is 1. The number of likely N-dealkylation sites (N-methyl/N-ethyl adjacent to an activating group) is 1. The predicted molar refractivity (Wildman–Crippen MR) is 110 cm³/mol. The van der Waals surface area contributed by atoms with Crippen LogP contribution in [0.4, 0.5) is 11.7 Å². The van der Waals surface area contributed by atoms with Gasteiger partial charge in [-0.05, 0) is 28.9 Å². The molecule has 0 aliphatic carbocycles. The fraction of sp³-hybridized carbons (Fsp3) is 0.500. The van der Waals surface area contributed by atoms with Gasteiger partial charge in [0.1, 0.15) is 6.07 Å². The van der Waals surface area contributed by atoms with Crippen LogP contribution in [0.25, 0.3) is 0 Å². The van der Waals surface area contributed by atoms with Crippen molar-refractivity contribution in [2.45, 2.75) is 13.8 Å². The number of nitrogens with zero attached hydrogens (tertiary/aromatic N) is 7. The number of carbonyl (C=O) groups excluding carboxylic acids is 1. The predicted octanol–water partition coefficient (Wildman–Crippen LogP) is 1.66. The average Bonchev–Trinajstić information content (AvgIpc) is 3.18. The lowest BCUT2D eigenvalue weighted by atomic mass is 10.2. The maximum atomic E-state index is 12.8. The molecular weight excluding hydrogens is 440 g/mol. The van der Waals surface area contributed by atoms with Gasteiger partial charge in [-0.25, -0.2) is 4.98 Å². The summed E-state index contributed by atoms with van der Waals surface area (Å²) in [5.41, 5.74) is 2.99. The third kappa shape index (κ3) is 5.21. The first-order valence-electron chi connectivity index (χ1n) is 9.28. The van der Waals surface area contributed by atoms with E-state index in [9.17, 15) is 4.79 Å². The summed E-state index contributed by atoms with van der Waals surface area (Å²) in [5, 5.41) is 14.6. The van der Waals surface area contributed by atoms with E-state index in [4.69, 9.17) is 9.78 Å². The Kier molecular flexibility index (Phi) is 6.66. The Morgan fingerprint density at radius 2 is 2.14 bits per heavy atom. The van der Waals surface area contributed by atoms with Crippen molar-refractivity contribution in [3.63, 3.8) is 0 Å². The summed E-state index contributed by atoms with van der Waals surface area (Å²) in [4.78, 5) is 25.2. The van der Waals surface area contributed by atoms with Crippen LogP contribution in [0.5, 0.6) is 0 Å². The van der Waals surface area contributed by atoms with Crippen molar-refractivity contribution in [2.75, 3.05) is 49.7 Å². The zero-order chi connectivity index (χ0) is 21.0. The lowest BCUT2D eigenvalue weighted by Crippen LogP contribution is -2.45. The summed E-state index contributed by atoms with van der Waals surface area (Å²) >= 11 is 3.39. The summed E-state index contributed by atoms with van der Waals surface area (Å²) in [6, 6.07) is 3.55. The molecule has 0 aromatic carbocycles. The van der Waals surface area contributed by atoms with E-state index < -0.39 is 5.91 Å². The third-order valence-electron chi connectivity index (χ3n) is 4.41. The molecule has 154 valence electrons. The van der Waals surface area contributed by atoms with Crippen molar-refractivity contribution >= 4 is 33.5 Å². The van der Waals surface area contributed by atoms with Crippen LogP contribution in [0.15, 0.2) is 21.3 Å². The van der Waals surface area contributed by atoms with Gasteiger partial charge in [-0.2, -0.15) is 10.2 Å². The molecule has 1 aliphatic rings. The maximum absolute atomic E-state index is 12.8. The number of anilines is 2. The lowest BCUT2D eigenvalue weighted by molar-refractivity contribution is 0.0938. The highest BCUT2D eigenvalue weighted by atomic mass is 79.9. The summed E-state index contributed by atoms with van der Waals surface area (Å²) in [5.74, 6) is 0.805. The Bertz CT molecular complexity index is 902. The SMILES string of the molecule is CC(C)CN(NC(=O)c1cc(N2CCN(C)CC2)on1)c1nc(C#N)ncc1Br. The van der Waals surface area contributed by atoms with Crippen LogP contribution in [-0.2, 0) is 0 Å².